The van der Waals surface area contributed by atoms with E-state index in [9.17, 15) is 13.2 Å². The van der Waals surface area contributed by atoms with E-state index in [0.717, 1.165) is 24.2 Å². The Kier molecular flexibility index (Phi) is 5.91. The minimum absolute atomic E-state index is 0.222. The SMILES string of the molecule is O=C(NCCn1ccc(-c2ccccn2)n1)c1ccc(S(=O)(=O)N2CCCC2)cc1. The van der Waals surface area contributed by atoms with Crippen LogP contribution in [0.1, 0.15) is 23.2 Å². The van der Waals surface area contributed by atoms with Crippen LogP contribution in [0.3, 0.4) is 0 Å². The molecular formula is C21H23N5O3S. The van der Waals surface area contributed by atoms with Gasteiger partial charge in [0.15, 0.2) is 0 Å². The van der Waals surface area contributed by atoms with Crippen molar-refractivity contribution in [2.45, 2.75) is 24.3 Å². The maximum absolute atomic E-state index is 12.6. The number of amides is 1. The zero-order valence-electron chi connectivity index (χ0n) is 16.4. The van der Waals surface area contributed by atoms with Crippen molar-refractivity contribution in [1.29, 1.82) is 0 Å². The molecular weight excluding hydrogens is 402 g/mol. The minimum Gasteiger partial charge on any atom is -0.350 e. The summed E-state index contributed by atoms with van der Waals surface area (Å²) in [5.41, 5.74) is 1.99. The molecule has 0 aliphatic carbocycles. The molecule has 0 spiro atoms. The monoisotopic (exact) mass is 425 g/mol. The van der Waals surface area contributed by atoms with E-state index in [2.05, 4.69) is 15.4 Å². The average Bonchev–Trinajstić information content (AvgIpc) is 3.47. The molecule has 0 saturated carbocycles. The van der Waals surface area contributed by atoms with Gasteiger partial charge in [0.25, 0.3) is 5.91 Å². The van der Waals surface area contributed by atoms with Gasteiger partial charge >= 0.3 is 0 Å². The zero-order chi connectivity index (χ0) is 21.0. The first-order valence-electron chi connectivity index (χ1n) is 9.87. The van der Waals surface area contributed by atoms with E-state index in [1.807, 2.05) is 30.5 Å². The first-order valence-corrected chi connectivity index (χ1v) is 11.3. The second-order valence-corrected chi connectivity index (χ2v) is 9.01. The van der Waals surface area contributed by atoms with Gasteiger partial charge in [-0.2, -0.15) is 9.40 Å². The number of hydrogen-bond donors (Lipinski definition) is 1. The highest BCUT2D eigenvalue weighted by Crippen LogP contribution is 2.21. The Morgan fingerprint density at radius 2 is 1.77 bits per heavy atom. The highest BCUT2D eigenvalue weighted by atomic mass is 32.2. The van der Waals surface area contributed by atoms with Gasteiger partial charge in [0.2, 0.25) is 10.0 Å². The lowest BCUT2D eigenvalue weighted by Gasteiger charge is -2.15. The Morgan fingerprint density at radius 3 is 2.47 bits per heavy atom. The number of pyridine rings is 1. The summed E-state index contributed by atoms with van der Waals surface area (Å²) < 4.78 is 28.4. The normalized spacial score (nSPS) is 14.7. The summed E-state index contributed by atoms with van der Waals surface area (Å²) in [6.07, 6.45) is 5.34. The van der Waals surface area contributed by atoms with Gasteiger partial charge in [-0.25, -0.2) is 8.42 Å². The summed E-state index contributed by atoms with van der Waals surface area (Å²) in [4.78, 5) is 16.9. The molecule has 4 rings (SSSR count). The lowest BCUT2D eigenvalue weighted by Crippen LogP contribution is -2.28. The molecule has 1 aromatic carbocycles. The van der Waals surface area contributed by atoms with Crippen LogP contribution in [0.25, 0.3) is 11.4 Å². The van der Waals surface area contributed by atoms with Crippen molar-refractivity contribution in [2.24, 2.45) is 0 Å². The fraction of sp³-hybridized carbons (Fsp3) is 0.286. The van der Waals surface area contributed by atoms with Crippen molar-refractivity contribution in [3.05, 3.63) is 66.5 Å². The molecule has 1 aliphatic rings. The van der Waals surface area contributed by atoms with Crippen molar-refractivity contribution in [1.82, 2.24) is 24.4 Å². The Labute approximate surface area is 175 Å². The zero-order valence-corrected chi connectivity index (χ0v) is 17.3. The Hall–Kier alpha value is -3.04. The number of nitrogens with one attached hydrogen (secondary N) is 1. The largest absolute Gasteiger partial charge is 0.350 e. The van der Waals surface area contributed by atoms with Crippen LogP contribution < -0.4 is 5.32 Å². The van der Waals surface area contributed by atoms with E-state index >= 15 is 0 Å². The van der Waals surface area contributed by atoms with E-state index in [4.69, 9.17) is 0 Å². The van der Waals surface area contributed by atoms with E-state index < -0.39 is 10.0 Å². The molecule has 1 N–H and O–H groups in total. The number of nitrogens with zero attached hydrogens (tertiary/aromatic N) is 4. The molecule has 8 nitrogen and oxygen atoms in total. The van der Waals surface area contributed by atoms with Gasteiger partial charge < -0.3 is 5.32 Å². The lowest BCUT2D eigenvalue weighted by atomic mass is 10.2. The van der Waals surface area contributed by atoms with Gasteiger partial charge in [-0.3, -0.25) is 14.5 Å². The maximum atomic E-state index is 12.6. The van der Waals surface area contributed by atoms with Crippen LogP contribution >= 0.6 is 0 Å². The number of aromatic nitrogens is 3. The predicted octanol–water partition coefficient (Wildman–Crippen LogP) is 2.16. The fourth-order valence-corrected chi connectivity index (χ4v) is 4.90. The second kappa shape index (κ2) is 8.76. The first-order chi connectivity index (χ1) is 14.5. The van der Waals surface area contributed by atoms with Gasteiger partial charge in [0.1, 0.15) is 5.69 Å². The summed E-state index contributed by atoms with van der Waals surface area (Å²) in [6.45, 7) is 2.02. The van der Waals surface area contributed by atoms with Crippen molar-refractivity contribution >= 4 is 15.9 Å². The van der Waals surface area contributed by atoms with E-state index in [1.165, 1.54) is 16.4 Å². The third-order valence-corrected chi connectivity index (χ3v) is 6.93. The highest BCUT2D eigenvalue weighted by molar-refractivity contribution is 7.89. The van der Waals surface area contributed by atoms with Gasteiger partial charge in [0, 0.05) is 37.6 Å². The first kappa shape index (κ1) is 20.2. The topological polar surface area (TPSA) is 97.2 Å². The Bertz CT molecular complexity index is 1110. The molecule has 1 amide bonds. The number of benzene rings is 1. The van der Waals surface area contributed by atoms with E-state index in [1.54, 1.807) is 23.0 Å². The van der Waals surface area contributed by atoms with E-state index in [0.29, 0.717) is 31.7 Å². The van der Waals surface area contributed by atoms with Crippen molar-refractivity contribution in [3.63, 3.8) is 0 Å². The number of sulfonamides is 1. The summed E-state index contributed by atoms with van der Waals surface area (Å²) in [6, 6.07) is 13.6. The summed E-state index contributed by atoms with van der Waals surface area (Å²) in [7, 11) is -3.47. The van der Waals surface area contributed by atoms with Crippen LogP contribution in [0.2, 0.25) is 0 Å². The summed E-state index contributed by atoms with van der Waals surface area (Å²) in [5.74, 6) is -0.253. The molecule has 3 aromatic rings. The molecule has 1 fully saturated rings. The second-order valence-electron chi connectivity index (χ2n) is 7.07. The third kappa shape index (κ3) is 4.42. The number of carbonyl (C=O) groups excluding carboxylic acids is 1. The number of rotatable bonds is 7. The minimum atomic E-state index is -3.47. The Balaban J connectivity index is 1.32. The molecule has 0 radical (unpaired) electrons. The molecule has 30 heavy (non-hydrogen) atoms. The van der Waals surface area contributed by atoms with E-state index in [-0.39, 0.29) is 10.8 Å². The van der Waals surface area contributed by atoms with Crippen molar-refractivity contribution in [3.8, 4) is 11.4 Å². The van der Waals surface area contributed by atoms with Crippen LogP contribution in [-0.4, -0.2) is 53.0 Å². The molecule has 3 heterocycles. The lowest BCUT2D eigenvalue weighted by molar-refractivity contribution is 0.0952. The van der Waals surface area contributed by atoms with Crippen LogP contribution in [0.5, 0.6) is 0 Å². The molecule has 156 valence electrons. The highest BCUT2D eigenvalue weighted by Gasteiger charge is 2.27. The molecule has 2 aromatic heterocycles. The third-order valence-electron chi connectivity index (χ3n) is 5.01. The van der Waals surface area contributed by atoms with Crippen LogP contribution in [0.4, 0.5) is 0 Å². The van der Waals surface area contributed by atoms with Gasteiger partial charge in [-0.05, 0) is 55.3 Å². The average molecular weight is 426 g/mol. The summed E-state index contributed by atoms with van der Waals surface area (Å²) in [5, 5.41) is 7.29. The maximum Gasteiger partial charge on any atom is 0.251 e. The van der Waals surface area contributed by atoms with Gasteiger partial charge in [-0.1, -0.05) is 6.07 Å². The van der Waals surface area contributed by atoms with Crippen LogP contribution in [-0.2, 0) is 16.6 Å². The van der Waals surface area contributed by atoms with Crippen LogP contribution in [0, 0.1) is 0 Å². The predicted molar refractivity (Wildman–Crippen MR) is 112 cm³/mol. The molecule has 1 aliphatic heterocycles. The quantitative estimate of drug-likeness (QED) is 0.626. The van der Waals surface area contributed by atoms with Crippen LogP contribution in [0.15, 0.2) is 65.8 Å². The number of hydrogen-bond acceptors (Lipinski definition) is 5. The molecule has 1 saturated heterocycles. The van der Waals surface area contributed by atoms with Gasteiger partial charge in [0.05, 0.1) is 17.1 Å². The smallest absolute Gasteiger partial charge is 0.251 e. The molecule has 0 atom stereocenters. The van der Waals surface area contributed by atoms with Gasteiger partial charge in [-0.15, -0.1) is 0 Å². The summed E-state index contributed by atoms with van der Waals surface area (Å²) >= 11 is 0. The van der Waals surface area contributed by atoms with Crippen molar-refractivity contribution in [2.75, 3.05) is 19.6 Å². The Morgan fingerprint density at radius 1 is 1.00 bits per heavy atom. The fourth-order valence-electron chi connectivity index (χ4n) is 3.38. The number of carbonyl (C=O) groups is 1. The molecule has 0 bridgehead atoms. The standard InChI is InChI=1S/C21H23N5O3S/c27-21(17-6-8-18(9-7-17)30(28,29)26-13-3-4-14-26)23-12-16-25-15-10-20(24-25)19-5-1-2-11-22-19/h1-2,5-11,15H,3-4,12-14,16H2,(H,23,27). The molecule has 9 heteroatoms. The molecule has 0 unspecified atom stereocenters. The van der Waals surface area contributed by atoms with Crippen molar-refractivity contribution < 1.29 is 13.2 Å².